The van der Waals surface area contributed by atoms with Crippen LogP contribution in [-0.2, 0) is 0 Å². The molecule has 1 aromatic heterocycles. The number of rotatable bonds is 5. The molecule has 2 unspecified atom stereocenters. The maximum atomic E-state index is 5.66. The number of hydrogen-bond donors (Lipinski definition) is 2. The van der Waals surface area contributed by atoms with Crippen molar-refractivity contribution in [1.82, 2.24) is 4.98 Å². The van der Waals surface area contributed by atoms with Gasteiger partial charge in [0.2, 0.25) is 0 Å². The highest BCUT2D eigenvalue weighted by atomic mass is 32.1. The molecule has 1 aromatic rings. The van der Waals surface area contributed by atoms with Crippen LogP contribution in [0.2, 0.25) is 0 Å². The second-order valence-corrected chi connectivity index (χ2v) is 4.74. The molecule has 2 atom stereocenters. The molecule has 0 radical (unpaired) electrons. The van der Waals surface area contributed by atoms with Gasteiger partial charge >= 0.3 is 0 Å². The summed E-state index contributed by atoms with van der Waals surface area (Å²) in [5.74, 6) is 1.63. The maximum Gasteiger partial charge on any atom is 0.136 e. The van der Waals surface area contributed by atoms with Gasteiger partial charge < -0.3 is 11.1 Å². The van der Waals surface area contributed by atoms with Gasteiger partial charge in [0.05, 0.1) is 5.56 Å². The van der Waals surface area contributed by atoms with Crippen LogP contribution in [0.5, 0.6) is 0 Å². The first kappa shape index (κ1) is 11.3. The molecule has 86 valence electrons. The second kappa shape index (κ2) is 4.78. The Bertz CT molecular complexity index is 392. The number of anilines is 1. The lowest BCUT2D eigenvalue weighted by molar-refractivity contribution is 0.692. The fourth-order valence-corrected chi connectivity index (χ4v) is 2.17. The highest BCUT2D eigenvalue weighted by Gasteiger charge is 2.36. The van der Waals surface area contributed by atoms with Crippen LogP contribution in [0.4, 0.5) is 5.82 Å². The summed E-state index contributed by atoms with van der Waals surface area (Å²) in [5, 5.41) is 3.42. The van der Waals surface area contributed by atoms with Crippen LogP contribution in [0.25, 0.3) is 0 Å². The third kappa shape index (κ3) is 2.50. The number of thiocarbonyl (C=S) groups is 1. The van der Waals surface area contributed by atoms with Crippen molar-refractivity contribution >= 4 is 23.0 Å². The first-order chi connectivity index (χ1) is 7.72. The van der Waals surface area contributed by atoms with Crippen LogP contribution in [0.3, 0.4) is 0 Å². The predicted octanol–water partition coefficient (Wildman–Crippen LogP) is 2.32. The molecular formula is C12H17N3S. The highest BCUT2D eigenvalue weighted by molar-refractivity contribution is 7.80. The summed E-state index contributed by atoms with van der Waals surface area (Å²) in [5.41, 5.74) is 6.50. The monoisotopic (exact) mass is 235 g/mol. The van der Waals surface area contributed by atoms with E-state index in [1.165, 1.54) is 19.3 Å². The molecular weight excluding hydrogens is 218 g/mol. The fraction of sp³-hybridized carbons (Fsp3) is 0.500. The van der Waals surface area contributed by atoms with Crippen LogP contribution in [-0.4, -0.2) is 16.0 Å². The van der Waals surface area contributed by atoms with Gasteiger partial charge in [-0.3, -0.25) is 0 Å². The highest BCUT2D eigenvalue weighted by Crippen LogP contribution is 2.37. The summed E-state index contributed by atoms with van der Waals surface area (Å²) >= 11 is 5.00. The van der Waals surface area contributed by atoms with E-state index in [9.17, 15) is 0 Å². The molecule has 4 heteroatoms. The van der Waals surface area contributed by atoms with E-state index in [0.717, 1.165) is 17.3 Å². The van der Waals surface area contributed by atoms with E-state index < -0.39 is 0 Å². The van der Waals surface area contributed by atoms with Crippen molar-refractivity contribution in [3.63, 3.8) is 0 Å². The SMILES string of the molecule is CCCC1CC1Nc1ncccc1C(N)=S. The number of pyridine rings is 1. The van der Waals surface area contributed by atoms with Crippen molar-refractivity contribution in [3.05, 3.63) is 23.9 Å². The van der Waals surface area contributed by atoms with Crippen molar-refractivity contribution in [2.75, 3.05) is 5.32 Å². The second-order valence-electron chi connectivity index (χ2n) is 4.30. The van der Waals surface area contributed by atoms with Crippen molar-refractivity contribution in [1.29, 1.82) is 0 Å². The summed E-state index contributed by atoms with van der Waals surface area (Å²) in [7, 11) is 0. The van der Waals surface area contributed by atoms with Crippen molar-refractivity contribution in [3.8, 4) is 0 Å². The van der Waals surface area contributed by atoms with Crippen LogP contribution in [0.1, 0.15) is 31.7 Å². The summed E-state index contributed by atoms with van der Waals surface area (Å²) < 4.78 is 0. The molecule has 1 fully saturated rings. The van der Waals surface area contributed by atoms with E-state index in [1.54, 1.807) is 6.20 Å². The van der Waals surface area contributed by atoms with Gasteiger partial charge in [0, 0.05) is 12.2 Å². The zero-order chi connectivity index (χ0) is 11.5. The molecule has 16 heavy (non-hydrogen) atoms. The first-order valence-electron chi connectivity index (χ1n) is 5.73. The Kier molecular flexibility index (Phi) is 3.39. The molecule has 0 aliphatic heterocycles. The average Bonchev–Trinajstić information content (AvgIpc) is 2.97. The zero-order valence-electron chi connectivity index (χ0n) is 9.44. The maximum absolute atomic E-state index is 5.66. The Hall–Kier alpha value is -1.16. The lowest BCUT2D eigenvalue weighted by Crippen LogP contribution is -2.15. The molecule has 0 aromatic carbocycles. The van der Waals surface area contributed by atoms with Gasteiger partial charge in [-0.25, -0.2) is 4.98 Å². The molecule has 0 bridgehead atoms. The zero-order valence-corrected chi connectivity index (χ0v) is 10.3. The van der Waals surface area contributed by atoms with Gasteiger partial charge in [0.1, 0.15) is 10.8 Å². The molecule has 3 nitrogen and oxygen atoms in total. The molecule has 1 aliphatic carbocycles. The summed E-state index contributed by atoms with van der Waals surface area (Å²) in [6.07, 6.45) is 5.53. The lowest BCUT2D eigenvalue weighted by atomic mass is 10.2. The van der Waals surface area contributed by atoms with E-state index in [-0.39, 0.29) is 0 Å². The van der Waals surface area contributed by atoms with E-state index in [2.05, 4.69) is 17.2 Å². The summed E-state index contributed by atoms with van der Waals surface area (Å²) in [4.78, 5) is 4.70. The van der Waals surface area contributed by atoms with Gasteiger partial charge in [-0.1, -0.05) is 25.6 Å². The largest absolute Gasteiger partial charge is 0.389 e. The summed E-state index contributed by atoms with van der Waals surface area (Å²) in [6, 6.07) is 4.33. The topological polar surface area (TPSA) is 50.9 Å². The Balaban J connectivity index is 2.02. The molecule has 0 spiro atoms. The molecule has 1 saturated carbocycles. The van der Waals surface area contributed by atoms with Gasteiger partial charge in [-0.15, -0.1) is 0 Å². The average molecular weight is 235 g/mol. The van der Waals surface area contributed by atoms with Gasteiger partial charge in [-0.05, 0) is 30.9 Å². The summed E-state index contributed by atoms with van der Waals surface area (Å²) in [6.45, 7) is 2.22. The fourth-order valence-electron chi connectivity index (χ4n) is 2.01. The first-order valence-corrected chi connectivity index (χ1v) is 6.14. The predicted molar refractivity (Wildman–Crippen MR) is 70.6 cm³/mol. The van der Waals surface area contributed by atoms with Crippen LogP contribution < -0.4 is 11.1 Å². The van der Waals surface area contributed by atoms with Crippen molar-refractivity contribution < 1.29 is 0 Å². The Morgan fingerprint density at radius 3 is 3.19 bits per heavy atom. The Labute approximate surface area is 101 Å². The van der Waals surface area contributed by atoms with Crippen LogP contribution >= 0.6 is 12.2 Å². The molecule has 2 rings (SSSR count). The van der Waals surface area contributed by atoms with Crippen molar-refractivity contribution in [2.24, 2.45) is 11.7 Å². The number of hydrogen-bond acceptors (Lipinski definition) is 3. The van der Waals surface area contributed by atoms with Gasteiger partial charge in [0.25, 0.3) is 0 Å². The van der Waals surface area contributed by atoms with E-state index >= 15 is 0 Å². The lowest BCUT2D eigenvalue weighted by Gasteiger charge is -2.09. The smallest absolute Gasteiger partial charge is 0.136 e. The standard InChI is InChI=1S/C12H17N3S/c1-2-4-8-7-10(8)15-12-9(11(13)16)5-3-6-14-12/h3,5-6,8,10H,2,4,7H2,1H3,(H2,13,16)(H,14,15). The Morgan fingerprint density at radius 2 is 2.50 bits per heavy atom. The normalized spacial score (nSPS) is 22.8. The van der Waals surface area contributed by atoms with Crippen molar-refractivity contribution in [2.45, 2.75) is 32.2 Å². The van der Waals surface area contributed by atoms with E-state index in [4.69, 9.17) is 18.0 Å². The molecule has 0 amide bonds. The van der Waals surface area contributed by atoms with Gasteiger partial charge in [-0.2, -0.15) is 0 Å². The molecule has 3 N–H and O–H groups in total. The molecule has 1 aliphatic rings. The Morgan fingerprint density at radius 1 is 1.69 bits per heavy atom. The minimum Gasteiger partial charge on any atom is -0.389 e. The third-order valence-corrected chi connectivity index (χ3v) is 3.20. The third-order valence-electron chi connectivity index (χ3n) is 2.98. The minimum absolute atomic E-state index is 0.406. The van der Waals surface area contributed by atoms with Crippen LogP contribution in [0.15, 0.2) is 18.3 Å². The molecule has 0 saturated heterocycles. The number of nitrogens with one attached hydrogen (secondary N) is 1. The number of aromatic nitrogens is 1. The number of nitrogens with two attached hydrogens (primary N) is 1. The number of nitrogens with zero attached hydrogens (tertiary/aromatic N) is 1. The van der Waals surface area contributed by atoms with Gasteiger partial charge in [0.15, 0.2) is 0 Å². The minimum atomic E-state index is 0.406. The van der Waals surface area contributed by atoms with Crippen LogP contribution in [0, 0.1) is 5.92 Å². The molecule has 1 heterocycles. The quantitative estimate of drug-likeness (QED) is 0.769. The van der Waals surface area contributed by atoms with E-state index in [0.29, 0.717) is 11.0 Å². The van der Waals surface area contributed by atoms with E-state index in [1.807, 2.05) is 12.1 Å².